The van der Waals surface area contributed by atoms with Gasteiger partial charge in [0.15, 0.2) is 0 Å². The van der Waals surface area contributed by atoms with Gasteiger partial charge in [-0.1, -0.05) is 19.9 Å². The van der Waals surface area contributed by atoms with E-state index in [0.717, 1.165) is 5.56 Å². The number of nitrogens with zero attached hydrogens (tertiary/aromatic N) is 1. The Balaban J connectivity index is 2.37. The van der Waals surface area contributed by atoms with Crippen LogP contribution in [0.5, 0.6) is 0 Å². The van der Waals surface area contributed by atoms with Crippen molar-refractivity contribution in [1.29, 1.82) is 0 Å². The van der Waals surface area contributed by atoms with Gasteiger partial charge in [0, 0.05) is 25.2 Å². The fourth-order valence-electron chi connectivity index (χ4n) is 1.29. The van der Waals surface area contributed by atoms with Crippen molar-refractivity contribution < 1.29 is 4.79 Å². The monoisotopic (exact) mass is 221 g/mol. The van der Waals surface area contributed by atoms with Crippen molar-refractivity contribution in [1.82, 2.24) is 10.3 Å². The van der Waals surface area contributed by atoms with Crippen molar-refractivity contribution in [3.05, 3.63) is 23.9 Å². The van der Waals surface area contributed by atoms with Gasteiger partial charge in [-0.3, -0.25) is 4.79 Å². The number of pyridine rings is 1. The van der Waals surface area contributed by atoms with E-state index in [1.807, 2.05) is 19.1 Å². The number of rotatable bonds is 5. The Labute approximate surface area is 96.5 Å². The predicted molar refractivity (Wildman–Crippen MR) is 65.4 cm³/mol. The number of hydrogen-bond acceptors (Lipinski definition) is 3. The zero-order valence-corrected chi connectivity index (χ0v) is 10.1. The number of amides is 1. The molecule has 0 atom stereocenters. The molecule has 1 aromatic heterocycles. The molecule has 0 aromatic carbocycles. The first kappa shape index (κ1) is 12.6. The third-order valence-corrected chi connectivity index (χ3v) is 2.17. The van der Waals surface area contributed by atoms with Gasteiger partial charge in [0.2, 0.25) is 5.91 Å². The van der Waals surface area contributed by atoms with Crippen molar-refractivity contribution in [3.8, 4) is 0 Å². The van der Waals surface area contributed by atoms with Crippen LogP contribution in [-0.4, -0.2) is 23.5 Å². The highest BCUT2D eigenvalue weighted by Gasteiger charge is 2.05. The lowest BCUT2D eigenvalue weighted by Gasteiger charge is -2.09. The summed E-state index contributed by atoms with van der Waals surface area (Å²) in [6.45, 7) is 6.73. The molecule has 0 saturated carbocycles. The average molecular weight is 221 g/mol. The van der Waals surface area contributed by atoms with Crippen LogP contribution in [-0.2, 0) is 4.79 Å². The number of aryl methyl sites for hydroxylation is 1. The highest BCUT2D eigenvalue weighted by atomic mass is 16.1. The fraction of sp³-hybridized carbons (Fsp3) is 0.500. The number of hydrogen-bond donors (Lipinski definition) is 2. The first-order chi connectivity index (χ1) is 7.59. The summed E-state index contributed by atoms with van der Waals surface area (Å²) in [4.78, 5) is 15.7. The highest BCUT2D eigenvalue weighted by Crippen LogP contribution is 2.08. The van der Waals surface area contributed by atoms with Crippen molar-refractivity contribution in [2.24, 2.45) is 0 Å². The molecule has 0 aliphatic rings. The fourth-order valence-corrected chi connectivity index (χ4v) is 1.29. The van der Waals surface area contributed by atoms with Gasteiger partial charge in [0.05, 0.1) is 0 Å². The van der Waals surface area contributed by atoms with Crippen molar-refractivity contribution in [2.75, 3.05) is 11.9 Å². The Kier molecular flexibility index (Phi) is 4.92. The van der Waals surface area contributed by atoms with E-state index in [1.54, 1.807) is 6.20 Å². The minimum atomic E-state index is -0.00468. The van der Waals surface area contributed by atoms with E-state index in [1.165, 1.54) is 0 Å². The zero-order valence-electron chi connectivity index (χ0n) is 10.1. The molecule has 1 heterocycles. The number of nitrogens with one attached hydrogen (secondary N) is 2. The summed E-state index contributed by atoms with van der Waals surface area (Å²) in [7, 11) is 0. The van der Waals surface area contributed by atoms with E-state index >= 15 is 0 Å². The lowest BCUT2D eigenvalue weighted by atomic mass is 10.3. The van der Waals surface area contributed by atoms with Crippen LogP contribution in [0.1, 0.15) is 25.8 Å². The molecular formula is C12H19N3O. The molecule has 2 N–H and O–H groups in total. The molecule has 0 aliphatic heterocycles. The molecule has 88 valence electrons. The molecular weight excluding hydrogens is 202 g/mol. The standard InChI is InChI=1S/C12H19N3O/c1-9(2)13-8-6-11(16)15-12-10(3)5-4-7-14-12/h4-5,7,9,13H,6,8H2,1-3H3,(H,14,15,16). The molecule has 1 rings (SSSR count). The minimum Gasteiger partial charge on any atom is -0.314 e. The summed E-state index contributed by atoms with van der Waals surface area (Å²) in [5.74, 6) is 0.645. The van der Waals surface area contributed by atoms with Crippen LogP contribution >= 0.6 is 0 Å². The third kappa shape index (κ3) is 4.40. The van der Waals surface area contributed by atoms with Crippen LogP contribution in [0, 0.1) is 6.92 Å². The third-order valence-electron chi connectivity index (χ3n) is 2.17. The van der Waals surface area contributed by atoms with E-state index in [9.17, 15) is 4.79 Å². The van der Waals surface area contributed by atoms with Gasteiger partial charge >= 0.3 is 0 Å². The van der Waals surface area contributed by atoms with Crippen LogP contribution in [0.25, 0.3) is 0 Å². The van der Waals surface area contributed by atoms with Gasteiger partial charge in [-0.05, 0) is 18.6 Å². The molecule has 4 nitrogen and oxygen atoms in total. The second-order valence-electron chi connectivity index (χ2n) is 4.08. The van der Waals surface area contributed by atoms with Gasteiger partial charge in [-0.25, -0.2) is 4.98 Å². The summed E-state index contributed by atoms with van der Waals surface area (Å²) in [5.41, 5.74) is 0.979. The average Bonchev–Trinajstić information content (AvgIpc) is 2.21. The SMILES string of the molecule is Cc1cccnc1NC(=O)CCNC(C)C. The predicted octanol–water partition coefficient (Wildman–Crippen LogP) is 1.72. The van der Waals surface area contributed by atoms with Gasteiger partial charge in [-0.15, -0.1) is 0 Å². The molecule has 0 fully saturated rings. The Morgan fingerprint density at radius 2 is 2.25 bits per heavy atom. The van der Waals surface area contributed by atoms with Crippen LogP contribution in [0.3, 0.4) is 0 Å². The van der Waals surface area contributed by atoms with Gasteiger partial charge in [0.25, 0.3) is 0 Å². The summed E-state index contributed by atoms with van der Waals surface area (Å²) in [6.07, 6.45) is 2.14. The van der Waals surface area contributed by atoms with Crippen molar-refractivity contribution in [2.45, 2.75) is 33.2 Å². The summed E-state index contributed by atoms with van der Waals surface area (Å²) in [6, 6.07) is 4.18. The Bertz CT molecular complexity index is 350. The topological polar surface area (TPSA) is 54.0 Å². The first-order valence-corrected chi connectivity index (χ1v) is 5.54. The lowest BCUT2D eigenvalue weighted by Crippen LogP contribution is -2.27. The molecule has 0 aliphatic carbocycles. The maximum Gasteiger partial charge on any atom is 0.226 e. The molecule has 1 aromatic rings. The minimum absolute atomic E-state index is 0.00468. The van der Waals surface area contributed by atoms with Crippen LogP contribution in [0.2, 0.25) is 0 Å². The van der Waals surface area contributed by atoms with E-state index in [-0.39, 0.29) is 5.91 Å². The smallest absolute Gasteiger partial charge is 0.226 e. The normalized spacial score (nSPS) is 10.5. The molecule has 0 bridgehead atoms. The highest BCUT2D eigenvalue weighted by molar-refractivity contribution is 5.90. The zero-order chi connectivity index (χ0) is 12.0. The molecule has 0 radical (unpaired) electrons. The molecule has 16 heavy (non-hydrogen) atoms. The molecule has 0 spiro atoms. The largest absolute Gasteiger partial charge is 0.314 e. The van der Waals surface area contributed by atoms with Gasteiger partial charge in [0.1, 0.15) is 5.82 Å². The number of aromatic nitrogens is 1. The quantitative estimate of drug-likeness (QED) is 0.796. The van der Waals surface area contributed by atoms with Crippen LogP contribution in [0.15, 0.2) is 18.3 Å². The van der Waals surface area contributed by atoms with E-state index in [0.29, 0.717) is 24.8 Å². The Hall–Kier alpha value is -1.42. The number of carbonyl (C=O) groups is 1. The lowest BCUT2D eigenvalue weighted by molar-refractivity contribution is -0.116. The Morgan fingerprint density at radius 3 is 2.88 bits per heavy atom. The van der Waals surface area contributed by atoms with E-state index < -0.39 is 0 Å². The molecule has 1 amide bonds. The maximum atomic E-state index is 11.6. The molecule has 0 saturated heterocycles. The van der Waals surface area contributed by atoms with Crippen molar-refractivity contribution in [3.63, 3.8) is 0 Å². The first-order valence-electron chi connectivity index (χ1n) is 5.54. The van der Waals surface area contributed by atoms with E-state index in [2.05, 4.69) is 29.5 Å². The summed E-state index contributed by atoms with van der Waals surface area (Å²) < 4.78 is 0. The van der Waals surface area contributed by atoms with Gasteiger partial charge < -0.3 is 10.6 Å². The maximum absolute atomic E-state index is 11.6. The van der Waals surface area contributed by atoms with Crippen LogP contribution in [0.4, 0.5) is 5.82 Å². The Morgan fingerprint density at radius 1 is 1.50 bits per heavy atom. The molecule has 0 unspecified atom stereocenters. The van der Waals surface area contributed by atoms with Crippen molar-refractivity contribution >= 4 is 11.7 Å². The van der Waals surface area contributed by atoms with Gasteiger partial charge in [-0.2, -0.15) is 0 Å². The second-order valence-corrected chi connectivity index (χ2v) is 4.08. The van der Waals surface area contributed by atoms with Crippen LogP contribution < -0.4 is 10.6 Å². The summed E-state index contributed by atoms with van der Waals surface area (Å²) in [5, 5.41) is 5.99. The number of carbonyl (C=O) groups excluding carboxylic acids is 1. The summed E-state index contributed by atoms with van der Waals surface area (Å²) >= 11 is 0. The number of anilines is 1. The van der Waals surface area contributed by atoms with E-state index in [4.69, 9.17) is 0 Å². The second kappa shape index (κ2) is 6.23. The molecule has 4 heteroatoms.